The van der Waals surface area contributed by atoms with Crippen LogP contribution in [-0.4, -0.2) is 48.4 Å². The average Bonchev–Trinajstić information content (AvgIpc) is 3.37. The van der Waals surface area contributed by atoms with Crippen molar-refractivity contribution >= 4 is 17.7 Å². The van der Waals surface area contributed by atoms with Crippen molar-refractivity contribution in [3.05, 3.63) is 29.8 Å². The second-order valence-corrected chi connectivity index (χ2v) is 8.64. The summed E-state index contributed by atoms with van der Waals surface area (Å²) in [7, 11) is 1.41. The quantitative estimate of drug-likeness (QED) is 0.734. The predicted octanol–water partition coefficient (Wildman–Crippen LogP) is 2.46. The summed E-state index contributed by atoms with van der Waals surface area (Å²) in [6, 6.07) is 7.42. The van der Waals surface area contributed by atoms with E-state index < -0.39 is 5.60 Å². The molecule has 2 heterocycles. The van der Waals surface area contributed by atoms with E-state index in [1.54, 1.807) is 0 Å². The number of fused-ring (bicyclic) bond motifs is 3. The average molecular weight is 383 g/mol. The highest BCUT2D eigenvalue weighted by atomic mass is 16.5. The maximum Gasteiger partial charge on any atom is 0.308 e. The van der Waals surface area contributed by atoms with Gasteiger partial charge in [0.2, 0.25) is 5.91 Å². The molecule has 4 atom stereocenters. The van der Waals surface area contributed by atoms with Crippen molar-refractivity contribution in [3.63, 3.8) is 0 Å². The maximum absolute atomic E-state index is 13.1. The van der Waals surface area contributed by atoms with Gasteiger partial charge in [0, 0.05) is 24.9 Å². The van der Waals surface area contributed by atoms with E-state index in [1.165, 1.54) is 7.11 Å². The largest absolute Gasteiger partial charge is 0.486 e. The molecule has 28 heavy (non-hydrogen) atoms. The minimum Gasteiger partial charge on any atom is -0.486 e. The van der Waals surface area contributed by atoms with Crippen molar-refractivity contribution in [3.8, 4) is 5.75 Å². The number of carbonyl (C=O) groups is 3. The van der Waals surface area contributed by atoms with Crippen LogP contribution in [0.3, 0.4) is 0 Å². The molecular formula is C22H25NO5. The number of benzene rings is 1. The lowest BCUT2D eigenvalue weighted by Gasteiger charge is -2.38. The highest BCUT2D eigenvalue weighted by molar-refractivity contribution is 6.00. The Morgan fingerprint density at radius 3 is 2.68 bits per heavy atom. The summed E-state index contributed by atoms with van der Waals surface area (Å²) >= 11 is 0. The number of likely N-dealkylation sites (tertiary alicyclic amines) is 1. The predicted molar refractivity (Wildman–Crippen MR) is 99.8 cm³/mol. The minimum absolute atomic E-state index is 0.0403. The topological polar surface area (TPSA) is 72.9 Å². The van der Waals surface area contributed by atoms with E-state index in [9.17, 15) is 14.4 Å². The molecule has 6 heteroatoms. The number of esters is 1. The van der Waals surface area contributed by atoms with E-state index in [0.717, 1.165) is 12.8 Å². The molecule has 0 bridgehead atoms. The molecule has 1 aromatic rings. The van der Waals surface area contributed by atoms with E-state index in [-0.39, 0.29) is 35.4 Å². The smallest absolute Gasteiger partial charge is 0.308 e. The number of Topliss-reactive ketones (excluding diaryl/α,β-unsaturated/α-hetero) is 1. The third-order valence-electron chi connectivity index (χ3n) is 7.26. The van der Waals surface area contributed by atoms with Crippen molar-refractivity contribution in [2.45, 2.75) is 37.7 Å². The maximum atomic E-state index is 13.1. The normalized spacial score (nSPS) is 33.8. The molecule has 4 aliphatic rings. The highest BCUT2D eigenvalue weighted by Gasteiger charge is 2.71. The number of amides is 1. The van der Waals surface area contributed by atoms with E-state index in [1.807, 2.05) is 29.2 Å². The second kappa shape index (κ2) is 6.33. The Hall–Kier alpha value is -2.37. The first-order chi connectivity index (χ1) is 13.5. The summed E-state index contributed by atoms with van der Waals surface area (Å²) in [4.78, 5) is 39.4. The number of methoxy groups -OCH3 is 1. The van der Waals surface area contributed by atoms with Gasteiger partial charge < -0.3 is 14.4 Å². The van der Waals surface area contributed by atoms with Gasteiger partial charge in [0.05, 0.1) is 25.0 Å². The third kappa shape index (κ3) is 2.57. The van der Waals surface area contributed by atoms with Crippen LogP contribution in [0.4, 0.5) is 0 Å². The molecule has 1 saturated heterocycles. The summed E-state index contributed by atoms with van der Waals surface area (Å²) in [5.41, 5.74) is 0.144. The Balaban J connectivity index is 1.29. The zero-order valence-electron chi connectivity index (χ0n) is 16.1. The SMILES string of the molecule is COC(=O)C1CCN(C(=O)[C@H]2[C@@H]3CC[C@@]4(CC(=O)c5ccccc5O4)[C@@H]32)CC1. The van der Waals surface area contributed by atoms with Crippen molar-refractivity contribution < 1.29 is 23.9 Å². The van der Waals surface area contributed by atoms with Crippen LogP contribution in [-0.2, 0) is 14.3 Å². The first-order valence-electron chi connectivity index (χ1n) is 10.2. The number of ketones is 1. The molecule has 148 valence electrons. The van der Waals surface area contributed by atoms with Crippen LogP contribution in [0.5, 0.6) is 5.75 Å². The van der Waals surface area contributed by atoms with E-state index in [2.05, 4.69) is 0 Å². The summed E-state index contributed by atoms with van der Waals surface area (Å²) in [6.45, 7) is 1.20. The molecule has 1 aromatic carbocycles. The number of rotatable bonds is 2. The van der Waals surface area contributed by atoms with Crippen LogP contribution >= 0.6 is 0 Å². The number of ether oxygens (including phenoxy) is 2. The second-order valence-electron chi connectivity index (χ2n) is 8.64. The third-order valence-corrected chi connectivity index (χ3v) is 7.26. The van der Waals surface area contributed by atoms with Gasteiger partial charge in [-0.2, -0.15) is 0 Å². The fourth-order valence-electron chi connectivity index (χ4n) is 5.81. The Kier molecular flexibility index (Phi) is 4.00. The number of piperidine rings is 1. The fourth-order valence-corrected chi connectivity index (χ4v) is 5.81. The van der Waals surface area contributed by atoms with Crippen LogP contribution in [0.15, 0.2) is 24.3 Å². The standard InChI is InChI=1S/C22H25NO5/c1-27-21(26)13-7-10-23(11-8-13)20(25)18-15-6-9-22(19(15)18)12-16(24)14-4-2-3-5-17(14)28-22/h2-5,13,15,18-19H,6-12H2,1H3/t15-,18-,19-,22+/m0/s1. The Morgan fingerprint density at radius 2 is 1.93 bits per heavy atom. The number of para-hydroxylation sites is 1. The van der Waals surface area contributed by atoms with Crippen molar-refractivity contribution in [2.75, 3.05) is 20.2 Å². The summed E-state index contributed by atoms with van der Waals surface area (Å²) in [5.74, 6) is 1.10. The molecule has 0 aromatic heterocycles. The van der Waals surface area contributed by atoms with E-state index in [4.69, 9.17) is 9.47 Å². The van der Waals surface area contributed by atoms with Crippen LogP contribution < -0.4 is 4.74 Å². The molecule has 3 fully saturated rings. The number of hydrogen-bond acceptors (Lipinski definition) is 5. The van der Waals surface area contributed by atoms with Crippen LogP contribution in [0.1, 0.15) is 42.5 Å². The van der Waals surface area contributed by atoms with Crippen LogP contribution in [0.25, 0.3) is 0 Å². The van der Waals surface area contributed by atoms with E-state index >= 15 is 0 Å². The van der Waals surface area contributed by atoms with Gasteiger partial charge in [-0.3, -0.25) is 14.4 Å². The van der Waals surface area contributed by atoms with Gasteiger partial charge in [0.15, 0.2) is 5.78 Å². The zero-order chi connectivity index (χ0) is 19.5. The summed E-state index contributed by atoms with van der Waals surface area (Å²) < 4.78 is 11.2. The lowest BCUT2D eigenvalue weighted by atomic mass is 9.84. The number of hydrogen-bond donors (Lipinski definition) is 0. The first-order valence-corrected chi connectivity index (χ1v) is 10.2. The molecule has 2 saturated carbocycles. The Morgan fingerprint density at radius 1 is 1.18 bits per heavy atom. The van der Waals surface area contributed by atoms with Crippen LogP contribution in [0.2, 0.25) is 0 Å². The van der Waals surface area contributed by atoms with Crippen molar-refractivity contribution in [1.29, 1.82) is 0 Å². The first kappa shape index (κ1) is 17.7. The molecule has 2 aliphatic heterocycles. The lowest BCUT2D eigenvalue weighted by molar-refractivity contribution is -0.149. The zero-order valence-corrected chi connectivity index (χ0v) is 16.1. The monoisotopic (exact) mass is 383 g/mol. The van der Waals surface area contributed by atoms with Gasteiger partial charge >= 0.3 is 5.97 Å². The summed E-state index contributed by atoms with van der Waals surface area (Å²) in [6.07, 6.45) is 3.48. The van der Waals surface area contributed by atoms with E-state index in [0.29, 0.717) is 49.6 Å². The van der Waals surface area contributed by atoms with Gasteiger partial charge in [-0.1, -0.05) is 12.1 Å². The van der Waals surface area contributed by atoms with Gasteiger partial charge in [-0.05, 0) is 43.7 Å². The number of nitrogens with zero attached hydrogens (tertiary/aromatic N) is 1. The minimum atomic E-state index is -0.513. The van der Waals surface area contributed by atoms with Crippen LogP contribution in [0, 0.1) is 23.7 Å². The molecule has 0 N–H and O–H groups in total. The van der Waals surface area contributed by atoms with Gasteiger partial charge in [-0.15, -0.1) is 0 Å². The van der Waals surface area contributed by atoms with Crippen molar-refractivity contribution in [1.82, 2.24) is 4.90 Å². The molecule has 1 amide bonds. The fraction of sp³-hybridized carbons (Fsp3) is 0.591. The highest BCUT2D eigenvalue weighted by Crippen LogP contribution is 2.66. The molecule has 2 aliphatic carbocycles. The number of carbonyl (C=O) groups excluding carboxylic acids is 3. The Bertz CT molecular complexity index is 843. The van der Waals surface area contributed by atoms with Gasteiger partial charge in [0.25, 0.3) is 0 Å². The molecule has 0 unspecified atom stereocenters. The lowest BCUT2D eigenvalue weighted by Crippen LogP contribution is -2.46. The molecule has 6 nitrogen and oxygen atoms in total. The summed E-state index contributed by atoms with van der Waals surface area (Å²) in [5, 5.41) is 0. The Labute approximate surface area is 164 Å². The molecule has 1 spiro atoms. The molecular weight excluding hydrogens is 358 g/mol. The van der Waals surface area contributed by atoms with Gasteiger partial charge in [0.1, 0.15) is 11.4 Å². The molecule has 0 radical (unpaired) electrons. The van der Waals surface area contributed by atoms with Crippen molar-refractivity contribution in [2.24, 2.45) is 23.7 Å². The van der Waals surface area contributed by atoms with Gasteiger partial charge in [-0.25, -0.2) is 0 Å². The molecule has 5 rings (SSSR count).